The van der Waals surface area contributed by atoms with E-state index in [1.807, 2.05) is 0 Å². The van der Waals surface area contributed by atoms with Crippen molar-refractivity contribution in [3.05, 3.63) is 12.1 Å². The highest BCUT2D eigenvalue weighted by Gasteiger charge is 2.29. The fourth-order valence-electron chi connectivity index (χ4n) is 3.24. The molecule has 0 unspecified atom stereocenters. The van der Waals surface area contributed by atoms with Gasteiger partial charge in [-0.2, -0.15) is 0 Å². The lowest BCUT2D eigenvalue weighted by Crippen LogP contribution is -2.42. The first kappa shape index (κ1) is 22.3. The van der Waals surface area contributed by atoms with Crippen LogP contribution in [0.25, 0.3) is 0 Å². The fraction of sp³-hybridized carbons (Fsp3) is 0.632. The Kier molecular flexibility index (Phi) is 7.54. The van der Waals surface area contributed by atoms with Crippen molar-refractivity contribution in [2.75, 3.05) is 26.6 Å². The molecule has 0 aliphatic heterocycles. The maximum absolute atomic E-state index is 12.7. The van der Waals surface area contributed by atoms with E-state index >= 15 is 0 Å². The summed E-state index contributed by atoms with van der Waals surface area (Å²) in [5.74, 6) is 1.12. The SMILES string of the molecule is COc1cc(NC(=O)C2CCC(NS(=O)(=O)C(C)C)CC2)cc(OC)c1OC. The molecule has 1 aliphatic carbocycles. The Balaban J connectivity index is 2.00. The summed E-state index contributed by atoms with van der Waals surface area (Å²) in [5, 5.41) is 2.44. The van der Waals surface area contributed by atoms with E-state index in [9.17, 15) is 13.2 Å². The number of sulfonamides is 1. The molecule has 1 saturated carbocycles. The molecule has 0 spiro atoms. The zero-order chi connectivity index (χ0) is 20.9. The number of ether oxygens (including phenoxy) is 3. The van der Waals surface area contributed by atoms with Crippen LogP contribution in [0, 0.1) is 5.92 Å². The summed E-state index contributed by atoms with van der Waals surface area (Å²) < 4.78 is 42.6. The Hall–Kier alpha value is -2.00. The van der Waals surface area contributed by atoms with Crippen molar-refractivity contribution < 1.29 is 27.4 Å². The predicted octanol–water partition coefficient (Wildman–Crippen LogP) is 2.54. The zero-order valence-electron chi connectivity index (χ0n) is 17.1. The number of carbonyl (C=O) groups excluding carboxylic acids is 1. The van der Waals surface area contributed by atoms with Gasteiger partial charge in [-0.15, -0.1) is 0 Å². The van der Waals surface area contributed by atoms with Crippen LogP contribution < -0.4 is 24.2 Å². The Labute approximate surface area is 167 Å². The quantitative estimate of drug-likeness (QED) is 0.678. The lowest BCUT2D eigenvalue weighted by atomic mass is 9.86. The van der Waals surface area contributed by atoms with E-state index in [1.54, 1.807) is 26.0 Å². The number of nitrogens with one attached hydrogen (secondary N) is 2. The van der Waals surface area contributed by atoms with Crippen LogP contribution in [0.4, 0.5) is 5.69 Å². The lowest BCUT2D eigenvalue weighted by Gasteiger charge is -2.29. The summed E-state index contributed by atoms with van der Waals surface area (Å²) in [6, 6.07) is 3.25. The third-order valence-electron chi connectivity index (χ3n) is 4.98. The largest absolute Gasteiger partial charge is 0.493 e. The highest BCUT2D eigenvalue weighted by Crippen LogP contribution is 2.40. The van der Waals surface area contributed by atoms with E-state index in [4.69, 9.17) is 14.2 Å². The van der Waals surface area contributed by atoms with Gasteiger partial charge in [0.15, 0.2) is 11.5 Å². The van der Waals surface area contributed by atoms with Crippen molar-refractivity contribution in [3.8, 4) is 17.2 Å². The topological polar surface area (TPSA) is 103 Å². The van der Waals surface area contributed by atoms with Crippen LogP contribution >= 0.6 is 0 Å². The summed E-state index contributed by atoms with van der Waals surface area (Å²) in [4.78, 5) is 12.7. The molecule has 8 nitrogen and oxygen atoms in total. The number of benzene rings is 1. The Morgan fingerprint density at radius 3 is 1.96 bits per heavy atom. The Morgan fingerprint density at radius 1 is 1.00 bits per heavy atom. The lowest BCUT2D eigenvalue weighted by molar-refractivity contribution is -0.120. The maximum Gasteiger partial charge on any atom is 0.227 e. The van der Waals surface area contributed by atoms with Crippen molar-refractivity contribution in [1.29, 1.82) is 0 Å². The Morgan fingerprint density at radius 2 is 1.54 bits per heavy atom. The minimum absolute atomic E-state index is 0.0977. The average Bonchev–Trinajstić information content (AvgIpc) is 2.67. The third-order valence-corrected chi connectivity index (χ3v) is 6.88. The molecule has 1 fully saturated rings. The molecule has 1 aromatic carbocycles. The van der Waals surface area contributed by atoms with E-state index in [0.29, 0.717) is 48.6 Å². The van der Waals surface area contributed by atoms with Crippen molar-refractivity contribution in [3.63, 3.8) is 0 Å². The normalized spacial score (nSPS) is 19.9. The summed E-state index contributed by atoms with van der Waals surface area (Å²) in [6.45, 7) is 3.30. The van der Waals surface area contributed by atoms with E-state index in [0.717, 1.165) is 0 Å². The van der Waals surface area contributed by atoms with Crippen molar-refractivity contribution in [2.24, 2.45) is 5.92 Å². The summed E-state index contributed by atoms with van der Waals surface area (Å²) in [7, 11) is 1.25. The van der Waals surface area contributed by atoms with Gasteiger partial charge in [-0.05, 0) is 39.5 Å². The molecule has 0 heterocycles. The first-order valence-corrected chi connectivity index (χ1v) is 10.9. The molecule has 28 heavy (non-hydrogen) atoms. The van der Waals surface area contributed by atoms with Crippen LogP contribution in [0.5, 0.6) is 17.2 Å². The number of methoxy groups -OCH3 is 3. The molecule has 1 amide bonds. The van der Waals surface area contributed by atoms with Crippen molar-refractivity contribution in [2.45, 2.75) is 50.8 Å². The number of hydrogen-bond donors (Lipinski definition) is 2. The molecule has 1 aliphatic rings. The van der Waals surface area contributed by atoms with Crippen LogP contribution in [0.1, 0.15) is 39.5 Å². The second kappa shape index (κ2) is 9.47. The number of carbonyl (C=O) groups is 1. The van der Waals surface area contributed by atoms with Crippen LogP contribution in [0.15, 0.2) is 12.1 Å². The van der Waals surface area contributed by atoms with Crippen LogP contribution in [0.2, 0.25) is 0 Å². The van der Waals surface area contributed by atoms with Gasteiger partial charge < -0.3 is 19.5 Å². The number of amides is 1. The number of hydrogen-bond acceptors (Lipinski definition) is 6. The highest BCUT2D eigenvalue weighted by atomic mass is 32.2. The second-order valence-corrected chi connectivity index (χ2v) is 9.43. The van der Waals surface area contributed by atoms with E-state index in [1.165, 1.54) is 21.3 Å². The van der Waals surface area contributed by atoms with Crippen molar-refractivity contribution in [1.82, 2.24) is 4.72 Å². The molecule has 9 heteroatoms. The second-order valence-electron chi connectivity index (χ2n) is 7.16. The van der Waals surface area contributed by atoms with Gasteiger partial charge in [0.25, 0.3) is 0 Å². The van der Waals surface area contributed by atoms with Gasteiger partial charge >= 0.3 is 0 Å². The monoisotopic (exact) mass is 414 g/mol. The van der Waals surface area contributed by atoms with Gasteiger partial charge in [-0.25, -0.2) is 13.1 Å². The molecular weight excluding hydrogens is 384 g/mol. The minimum Gasteiger partial charge on any atom is -0.493 e. The minimum atomic E-state index is -3.30. The summed E-state index contributed by atoms with van der Waals surface area (Å²) in [5.41, 5.74) is 0.558. The van der Waals surface area contributed by atoms with Crippen LogP contribution in [0.3, 0.4) is 0 Å². The van der Waals surface area contributed by atoms with Gasteiger partial charge in [0.2, 0.25) is 21.7 Å². The Bertz CT molecular complexity index is 761. The molecule has 0 radical (unpaired) electrons. The molecule has 1 aromatic rings. The van der Waals surface area contributed by atoms with Gasteiger partial charge in [0.05, 0.1) is 26.6 Å². The van der Waals surface area contributed by atoms with Crippen LogP contribution in [-0.2, 0) is 14.8 Å². The van der Waals surface area contributed by atoms with E-state index < -0.39 is 15.3 Å². The van der Waals surface area contributed by atoms with Gasteiger partial charge in [-0.1, -0.05) is 0 Å². The molecule has 158 valence electrons. The highest BCUT2D eigenvalue weighted by molar-refractivity contribution is 7.90. The average molecular weight is 415 g/mol. The van der Waals surface area contributed by atoms with E-state index in [-0.39, 0.29) is 17.9 Å². The molecular formula is C19H30N2O6S. The molecule has 0 bridgehead atoms. The van der Waals surface area contributed by atoms with E-state index in [2.05, 4.69) is 10.0 Å². The maximum atomic E-state index is 12.7. The first-order valence-electron chi connectivity index (χ1n) is 9.33. The third kappa shape index (κ3) is 5.29. The molecule has 2 N–H and O–H groups in total. The van der Waals surface area contributed by atoms with Gasteiger partial charge in [0, 0.05) is 29.8 Å². The number of rotatable bonds is 8. The van der Waals surface area contributed by atoms with Crippen molar-refractivity contribution >= 4 is 21.6 Å². The summed E-state index contributed by atoms with van der Waals surface area (Å²) >= 11 is 0. The molecule has 0 saturated heterocycles. The summed E-state index contributed by atoms with van der Waals surface area (Å²) in [6.07, 6.45) is 2.53. The predicted molar refractivity (Wildman–Crippen MR) is 108 cm³/mol. The molecule has 0 aromatic heterocycles. The smallest absolute Gasteiger partial charge is 0.227 e. The zero-order valence-corrected chi connectivity index (χ0v) is 17.9. The number of anilines is 1. The van der Waals surface area contributed by atoms with Gasteiger partial charge in [-0.3, -0.25) is 4.79 Å². The first-order chi connectivity index (χ1) is 13.2. The van der Waals surface area contributed by atoms with Gasteiger partial charge in [0.1, 0.15) is 0 Å². The fourth-order valence-corrected chi connectivity index (χ4v) is 4.21. The van der Waals surface area contributed by atoms with Crippen LogP contribution in [-0.4, -0.2) is 46.9 Å². The standard InChI is InChI=1S/C19H30N2O6S/c1-12(2)28(23,24)21-14-8-6-13(7-9-14)19(22)20-15-10-16(25-3)18(27-5)17(11-15)26-4/h10-14,21H,6-9H2,1-5H3,(H,20,22). The molecule has 0 atom stereocenters. The molecule has 2 rings (SSSR count).